The van der Waals surface area contributed by atoms with Gasteiger partial charge < -0.3 is 10.2 Å². The number of phenols is 2. The van der Waals surface area contributed by atoms with Gasteiger partial charge in [-0.2, -0.15) is 8.42 Å². The van der Waals surface area contributed by atoms with Gasteiger partial charge in [-0.05, 0) is 47.9 Å². The number of hydrogen-bond acceptors (Lipinski definition) is 4. The molecule has 3 N–H and O–H groups in total. The van der Waals surface area contributed by atoms with Crippen LogP contribution in [0.2, 0.25) is 0 Å². The van der Waals surface area contributed by atoms with E-state index in [2.05, 4.69) is 0 Å². The van der Waals surface area contributed by atoms with Crippen LogP contribution in [0, 0.1) is 6.92 Å². The second-order valence-corrected chi connectivity index (χ2v) is 5.55. The molecule has 0 aliphatic heterocycles. The Hall–Kier alpha value is -2.05. The topological polar surface area (TPSA) is 94.8 Å². The van der Waals surface area contributed by atoms with Gasteiger partial charge in [-0.25, -0.2) is 0 Å². The number of aromatic hydroxyl groups is 2. The molecule has 0 fully saturated rings. The maximum atomic E-state index is 11.1. The Bertz CT molecular complexity index is 735. The fourth-order valence-electron chi connectivity index (χ4n) is 1.74. The van der Waals surface area contributed by atoms with Crippen molar-refractivity contribution in [3.05, 3.63) is 42.0 Å². The average molecular weight is 280 g/mol. The highest BCUT2D eigenvalue weighted by molar-refractivity contribution is 7.86. The van der Waals surface area contributed by atoms with Crippen LogP contribution in [0.3, 0.4) is 0 Å². The number of benzene rings is 2. The molecule has 5 nitrogen and oxygen atoms in total. The van der Waals surface area contributed by atoms with E-state index in [0.29, 0.717) is 16.7 Å². The molecule has 2 aromatic carbocycles. The second kappa shape index (κ2) is 4.56. The lowest BCUT2D eigenvalue weighted by Gasteiger charge is -2.07. The Morgan fingerprint density at radius 1 is 0.895 bits per heavy atom. The summed E-state index contributed by atoms with van der Waals surface area (Å²) in [6.07, 6.45) is 0. The van der Waals surface area contributed by atoms with Gasteiger partial charge in [0.2, 0.25) is 0 Å². The first-order valence-electron chi connectivity index (χ1n) is 5.39. The predicted molar refractivity (Wildman–Crippen MR) is 69.8 cm³/mol. The van der Waals surface area contributed by atoms with E-state index in [4.69, 9.17) is 4.55 Å². The Morgan fingerprint density at radius 2 is 1.42 bits per heavy atom. The maximum Gasteiger partial charge on any atom is 0.298 e. The van der Waals surface area contributed by atoms with E-state index >= 15 is 0 Å². The lowest BCUT2D eigenvalue weighted by molar-refractivity contribution is 0.443. The van der Waals surface area contributed by atoms with Crippen molar-refractivity contribution in [2.75, 3.05) is 0 Å². The number of hydrogen-bond donors (Lipinski definition) is 3. The molecule has 0 amide bonds. The zero-order valence-corrected chi connectivity index (χ0v) is 10.8. The highest BCUT2D eigenvalue weighted by Gasteiger charge is 2.16. The third-order valence-electron chi connectivity index (χ3n) is 2.77. The summed E-state index contributed by atoms with van der Waals surface area (Å²) >= 11 is 0. The molecule has 0 aliphatic carbocycles. The molecule has 0 radical (unpaired) electrons. The summed E-state index contributed by atoms with van der Waals surface area (Å²) in [6.45, 7) is 1.71. The first-order valence-corrected chi connectivity index (χ1v) is 6.83. The van der Waals surface area contributed by atoms with E-state index in [-0.39, 0.29) is 5.75 Å². The smallest absolute Gasteiger partial charge is 0.298 e. The summed E-state index contributed by atoms with van der Waals surface area (Å²) in [4.78, 5) is -0.546. The molecule has 6 heteroatoms. The van der Waals surface area contributed by atoms with Gasteiger partial charge in [-0.1, -0.05) is 12.1 Å². The van der Waals surface area contributed by atoms with Crippen molar-refractivity contribution in [2.45, 2.75) is 11.8 Å². The van der Waals surface area contributed by atoms with Gasteiger partial charge in [0.05, 0.1) is 0 Å². The molecule has 0 unspecified atom stereocenters. The van der Waals surface area contributed by atoms with Crippen LogP contribution < -0.4 is 0 Å². The van der Waals surface area contributed by atoms with Crippen molar-refractivity contribution in [1.82, 2.24) is 0 Å². The fourth-order valence-corrected chi connectivity index (χ4v) is 2.34. The molecule has 0 bridgehead atoms. The molecule has 0 saturated carbocycles. The summed E-state index contributed by atoms with van der Waals surface area (Å²) in [5.41, 5.74) is 1.81. The molecular formula is C13H12O5S. The molecule has 0 aromatic heterocycles. The quantitative estimate of drug-likeness (QED) is 0.734. The van der Waals surface area contributed by atoms with Crippen LogP contribution in [0.4, 0.5) is 0 Å². The minimum atomic E-state index is -4.48. The van der Waals surface area contributed by atoms with Crippen LogP contribution in [-0.2, 0) is 10.1 Å². The molecule has 100 valence electrons. The Labute approximate surface area is 110 Å². The van der Waals surface area contributed by atoms with E-state index in [9.17, 15) is 18.6 Å². The van der Waals surface area contributed by atoms with Gasteiger partial charge in [0, 0.05) is 0 Å². The van der Waals surface area contributed by atoms with Gasteiger partial charge in [-0.3, -0.25) is 4.55 Å². The first kappa shape index (κ1) is 13.4. The summed E-state index contributed by atoms with van der Waals surface area (Å²) < 4.78 is 31.2. The minimum Gasteiger partial charge on any atom is -0.508 e. The first-order chi connectivity index (χ1) is 8.79. The molecule has 0 spiro atoms. The number of phenolic OH excluding ortho intramolecular Hbond substituents is 2. The van der Waals surface area contributed by atoms with Crippen molar-refractivity contribution in [3.63, 3.8) is 0 Å². The van der Waals surface area contributed by atoms with Crippen molar-refractivity contribution >= 4 is 10.1 Å². The molecule has 2 rings (SSSR count). The lowest BCUT2D eigenvalue weighted by Crippen LogP contribution is -1.98. The minimum absolute atomic E-state index is 0.137. The lowest BCUT2D eigenvalue weighted by atomic mass is 10.0. The van der Waals surface area contributed by atoms with Crippen molar-refractivity contribution in [2.24, 2.45) is 0 Å². The van der Waals surface area contributed by atoms with Gasteiger partial charge in [0.15, 0.2) is 0 Å². The summed E-state index contributed by atoms with van der Waals surface area (Å²) in [5.74, 6) is -0.376. The summed E-state index contributed by atoms with van der Waals surface area (Å²) in [5, 5.41) is 18.9. The second-order valence-electron chi connectivity index (χ2n) is 4.16. The van der Waals surface area contributed by atoms with E-state index in [1.165, 1.54) is 24.3 Å². The largest absolute Gasteiger partial charge is 0.508 e. The van der Waals surface area contributed by atoms with Crippen LogP contribution in [0.15, 0.2) is 41.3 Å². The Morgan fingerprint density at radius 3 is 1.95 bits per heavy atom. The van der Waals surface area contributed by atoms with Crippen molar-refractivity contribution < 1.29 is 23.2 Å². The molecule has 0 aliphatic rings. The maximum absolute atomic E-state index is 11.1. The Balaban J connectivity index is 2.61. The fraction of sp³-hybridized carbons (Fsp3) is 0.0769. The van der Waals surface area contributed by atoms with E-state index in [1.807, 2.05) is 0 Å². The molecule has 19 heavy (non-hydrogen) atoms. The van der Waals surface area contributed by atoms with Gasteiger partial charge in [0.1, 0.15) is 16.4 Å². The normalized spacial score (nSPS) is 11.5. The third-order valence-corrected chi connectivity index (χ3v) is 3.65. The predicted octanol–water partition coefficient (Wildman–Crippen LogP) is 2.32. The van der Waals surface area contributed by atoms with Crippen molar-refractivity contribution in [1.29, 1.82) is 0 Å². The summed E-state index contributed by atoms with van der Waals surface area (Å²) in [7, 11) is -4.48. The highest BCUT2D eigenvalue weighted by atomic mass is 32.2. The SMILES string of the molecule is Cc1cc(-c2ccc(O)c(S(=O)(=O)O)c2)ccc1O. The van der Waals surface area contributed by atoms with E-state index in [1.54, 1.807) is 19.1 Å². The van der Waals surface area contributed by atoms with Crippen LogP contribution in [-0.4, -0.2) is 23.2 Å². The standard InChI is InChI=1S/C13H12O5S/c1-8-6-9(2-4-11(8)14)10-3-5-12(15)13(7-10)19(16,17)18/h2-7,14-15H,1H3,(H,16,17,18). The number of aryl methyl sites for hydroxylation is 1. The van der Waals surface area contributed by atoms with Crippen LogP contribution in [0.25, 0.3) is 11.1 Å². The van der Waals surface area contributed by atoms with Crippen molar-refractivity contribution in [3.8, 4) is 22.6 Å². The van der Waals surface area contributed by atoms with Gasteiger partial charge >= 0.3 is 0 Å². The highest BCUT2D eigenvalue weighted by Crippen LogP contribution is 2.30. The number of rotatable bonds is 2. The monoisotopic (exact) mass is 280 g/mol. The molecule has 0 saturated heterocycles. The molecular weight excluding hydrogens is 268 g/mol. The molecule has 2 aromatic rings. The van der Waals surface area contributed by atoms with Gasteiger partial charge in [0.25, 0.3) is 10.1 Å². The van der Waals surface area contributed by atoms with Crippen LogP contribution in [0.1, 0.15) is 5.56 Å². The summed E-state index contributed by atoms with van der Waals surface area (Å²) in [6, 6.07) is 8.68. The van der Waals surface area contributed by atoms with E-state index in [0.717, 1.165) is 0 Å². The zero-order valence-electron chi connectivity index (χ0n) is 10.0. The van der Waals surface area contributed by atoms with Gasteiger partial charge in [-0.15, -0.1) is 0 Å². The van der Waals surface area contributed by atoms with E-state index < -0.39 is 20.8 Å². The molecule has 0 heterocycles. The Kier molecular flexibility index (Phi) is 3.21. The zero-order chi connectivity index (χ0) is 14.2. The van der Waals surface area contributed by atoms with Crippen LogP contribution in [0.5, 0.6) is 11.5 Å². The third kappa shape index (κ3) is 2.69. The van der Waals surface area contributed by atoms with Crippen LogP contribution >= 0.6 is 0 Å². The molecule has 0 atom stereocenters. The average Bonchev–Trinajstić information content (AvgIpc) is 2.32.